The van der Waals surface area contributed by atoms with Crippen molar-refractivity contribution in [3.8, 4) is 5.75 Å². The molecular formula is C19H24N4O2. The number of aryl methyl sites for hydroxylation is 2. The second-order valence-corrected chi connectivity index (χ2v) is 6.19. The number of amides is 1. The van der Waals surface area contributed by atoms with E-state index in [1.54, 1.807) is 0 Å². The first-order valence-corrected chi connectivity index (χ1v) is 8.70. The molecule has 2 aromatic rings. The first kappa shape index (κ1) is 17.2. The van der Waals surface area contributed by atoms with Gasteiger partial charge < -0.3 is 15.0 Å². The van der Waals surface area contributed by atoms with Crippen LogP contribution in [-0.2, 0) is 11.2 Å². The molecule has 1 unspecified atom stereocenters. The van der Waals surface area contributed by atoms with Crippen LogP contribution in [0.4, 0.5) is 5.82 Å². The van der Waals surface area contributed by atoms with Crippen LogP contribution >= 0.6 is 0 Å². The third-order valence-corrected chi connectivity index (χ3v) is 4.19. The van der Waals surface area contributed by atoms with Gasteiger partial charge in [0.05, 0.1) is 12.6 Å². The summed E-state index contributed by atoms with van der Waals surface area (Å²) in [6, 6.07) is 11.7. The van der Waals surface area contributed by atoms with Crippen molar-refractivity contribution >= 4 is 11.7 Å². The number of nitrogens with zero attached hydrogens (tertiary/aromatic N) is 3. The predicted molar refractivity (Wildman–Crippen MR) is 96.7 cm³/mol. The van der Waals surface area contributed by atoms with Crippen molar-refractivity contribution in [3.05, 3.63) is 47.9 Å². The molecule has 0 radical (unpaired) electrons. The number of ether oxygens (including phenoxy) is 1. The lowest BCUT2D eigenvalue weighted by Crippen LogP contribution is -2.31. The molecule has 0 aliphatic carbocycles. The minimum Gasteiger partial charge on any atom is -0.492 e. The van der Waals surface area contributed by atoms with Gasteiger partial charge in [-0.1, -0.05) is 25.1 Å². The summed E-state index contributed by atoms with van der Waals surface area (Å²) < 4.78 is 5.68. The lowest BCUT2D eigenvalue weighted by atomic mass is 10.2. The monoisotopic (exact) mass is 340 g/mol. The number of benzene rings is 1. The van der Waals surface area contributed by atoms with Crippen LogP contribution < -0.4 is 10.1 Å². The number of carbonyl (C=O) groups excluding carboxylic acids is 1. The van der Waals surface area contributed by atoms with Crippen LogP contribution in [-0.4, -0.2) is 46.5 Å². The molecule has 1 aliphatic rings. The zero-order valence-corrected chi connectivity index (χ0v) is 14.7. The zero-order valence-electron chi connectivity index (χ0n) is 14.7. The Morgan fingerprint density at radius 2 is 2.08 bits per heavy atom. The van der Waals surface area contributed by atoms with E-state index in [2.05, 4.69) is 22.2 Å². The number of carbonyl (C=O) groups is 1. The van der Waals surface area contributed by atoms with Gasteiger partial charge in [-0.15, -0.1) is 0 Å². The summed E-state index contributed by atoms with van der Waals surface area (Å²) in [6.45, 7) is 5.71. The van der Waals surface area contributed by atoms with Crippen molar-refractivity contribution in [1.29, 1.82) is 0 Å². The summed E-state index contributed by atoms with van der Waals surface area (Å²) in [5, 5.41) is 3.37. The van der Waals surface area contributed by atoms with Gasteiger partial charge in [-0.25, -0.2) is 9.97 Å². The largest absolute Gasteiger partial charge is 0.492 e. The number of anilines is 1. The van der Waals surface area contributed by atoms with Crippen LogP contribution in [0.15, 0.2) is 36.4 Å². The van der Waals surface area contributed by atoms with Crippen molar-refractivity contribution in [2.75, 3.05) is 25.0 Å². The molecule has 3 rings (SSSR count). The SMILES string of the molecule is CCc1cc(NC2CC(=O)N(CCOc3ccccc3)C2)nc(C)n1. The predicted octanol–water partition coefficient (Wildman–Crippen LogP) is 2.44. The van der Waals surface area contributed by atoms with Crippen LogP contribution in [0, 0.1) is 6.92 Å². The molecule has 1 N–H and O–H groups in total. The van der Waals surface area contributed by atoms with Crippen LogP contribution in [0.1, 0.15) is 24.9 Å². The van der Waals surface area contributed by atoms with E-state index in [1.807, 2.05) is 48.2 Å². The Hall–Kier alpha value is -2.63. The average molecular weight is 340 g/mol. The summed E-state index contributed by atoms with van der Waals surface area (Å²) >= 11 is 0. The normalized spacial score (nSPS) is 17.0. The van der Waals surface area contributed by atoms with E-state index in [0.29, 0.717) is 26.1 Å². The maximum absolute atomic E-state index is 12.2. The highest BCUT2D eigenvalue weighted by molar-refractivity contribution is 5.80. The Kier molecular flexibility index (Phi) is 5.48. The molecule has 0 saturated carbocycles. The highest BCUT2D eigenvalue weighted by atomic mass is 16.5. The fourth-order valence-electron chi connectivity index (χ4n) is 2.97. The summed E-state index contributed by atoms with van der Waals surface area (Å²) in [6.07, 6.45) is 1.35. The second kappa shape index (κ2) is 7.96. The van der Waals surface area contributed by atoms with Crippen molar-refractivity contribution in [2.24, 2.45) is 0 Å². The standard InChI is InChI=1S/C19H24N4O2/c1-3-15-11-18(21-14(2)20-15)22-16-12-19(24)23(13-16)9-10-25-17-7-5-4-6-8-17/h4-8,11,16H,3,9-10,12-13H2,1-2H3,(H,20,21,22). The molecule has 0 spiro atoms. The highest BCUT2D eigenvalue weighted by Gasteiger charge is 2.29. The van der Waals surface area contributed by atoms with Crippen molar-refractivity contribution < 1.29 is 9.53 Å². The van der Waals surface area contributed by atoms with Crippen LogP contribution in [0.25, 0.3) is 0 Å². The quantitative estimate of drug-likeness (QED) is 0.838. The molecule has 1 amide bonds. The minimum absolute atomic E-state index is 0.0724. The van der Waals surface area contributed by atoms with E-state index < -0.39 is 0 Å². The summed E-state index contributed by atoms with van der Waals surface area (Å²) in [5.41, 5.74) is 1.01. The van der Waals surface area contributed by atoms with Gasteiger partial charge in [0.25, 0.3) is 0 Å². The molecule has 1 saturated heterocycles. The molecular weight excluding hydrogens is 316 g/mol. The summed E-state index contributed by atoms with van der Waals surface area (Å²) in [5.74, 6) is 2.52. The number of likely N-dealkylation sites (tertiary alicyclic amines) is 1. The molecule has 6 nitrogen and oxygen atoms in total. The van der Waals surface area contributed by atoms with E-state index in [9.17, 15) is 4.79 Å². The number of rotatable bonds is 7. The Labute approximate surface area is 148 Å². The molecule has 25 heavy (non-hydrogen) atoms. The van der Waals surface area contributed by atoms with E-state index in [1.165, 1.54) is 0 Å². The number of para-hydroxylation sites is 1. The molecule has 0 bridgehead atoms. The number of aromatic nitrogens is 2. The number of nitrogens with one attached hydrogen (secondary N) is 1. The first-order chi connectivity index (χ1) is 12.1. The van der Waals surface area contributed by atoms with Crippen LogP contribution in [0.5, 0.6) is 5.75 Å². The smallest absolute Gasteiger partial charge is 0.224 e. The summed E-state index contributed by atoms with van der Waals surface area (Å²) in [7, 11) is 0. The van der Waals surface area contributed by atoms with Gasteiger partial charge >= 0.3 is 0 Å². The van der Waals surface area contributed by atoms with Gasteiger partial charge in [-0.3, -0.25) is 4.79 Å². The molecule has 1 aliphatic heterocycles. The molecule has 1 fully saturated rings. The van der Waals surface area contributed by atoms with E-state index in [0.717, 1.165) is 29.5 Å². The van der Waals surface area contributed by atoms with Gasteiger partial charge in [0, 0.05) is 24.7 Å². The topological polar surface area (TPSA) is 67.4 Å². The molecule has 132 valence electrons. The van der Waals surface area contributed by atoms with Crippen LogP contribution in [0.2, 0.25) is 0 Å². The zero-order chi connectivity index (χ0) is 17.6. The van der Waals surface area contributed by atoms with Gasteiger partial charge in [-0.05, 0) is 25.5 Å². The highest BCUT2D eigenvalue weighted by Crippen LogP contribution is 2.17. The van der Waals surface area contributed by atoms with E-state index in [-0.39, 0.29) is 11.9 Å². The third-order valence-electron chi connectivity index (χ3n) is 4.19. The molecule has 6 heteroatoms. The fraction of sp³-hybridized carbons (Fsp3) is 0.421. The number of hydrogen-bond donors (Lipinski definition) is 1. The van der Waals surface area contributed by atoms with Gasteiger partial charge in [-0.2, -0.15) is 0 Å². The number of hydrogen-bond acceptors (Lipinski definition) is 5. The van der Waals surface area contributed by atoms with E-state index in [4.69, 9.17) is 4.74 Å². The Morgan fingerprint density at radius 3 is 2.84 bits per heavy atom. The van der Waals surface area contributed by atoms with E-state index >= 15 is 0 Å². The third kappa shape index (κ3) is 4.68. The maximum Gasteiger partial charge on any atom is 0.224 e. The Balaban J connectivity index is 1.51. The lowest BCUT2D eigenvalue weighted by molar-refractivity contribution is -0.128. The van der Waals surface area contributed by atoms with Crippen LogP contribution in [0.3, 0.4) is 0 Å². The van der Waals surface area contributed by atoms with Crippen molar-refractivity contribution in [2.45, 2.75) is 32.7 Å². The van der Waals surface area contributed by atoms with Gasteiger partial charge in [0.15, 0.2) is 0 Å². The van der Waals surface area contributed by atoms with Crippen molar-refractivity contribution in [1.82, 2.24) is 14.9 Å². The Bertz CT molecular complexity index is 721. The average Bonchev–Trinajstić information content (AvgIpc) is 2.94. The second-order valence-electron chi connectivity index (χ2n) is 6.19. The lowest BCUT2D eigenvalue weighted by Gasteiger charge is -2.18. The summed E-state index contributed by atoms with van der Waals surface area (Å²) in [4.78, 5) is 22.8. The fourth-order valence-corrected chi connectivity index (χ4v) is 2.97. The maximum atomic E-state index is 12.2. The first-order valence-electron chi connectivity index (χ1n) is 8.70. The van der Waals surface area contributed by atoms with Crippen molar-refractivity contribution in [3.63, 3.8) is 0 Å². The molecule has 1 aromatic heterocycles. The van der Waals surface area contributed by atoms with Gasteiger partial charge in [0.2, 0.25) is 5.91 Å². The minimum atomic E-state index is 0.0724. The molecule has 1 aromatic carbocycles. The Morgan fingerprint density at radius 1 is 1.28 bits per heavy atom. The van der Waals surface area contributed by atoms with Gasteiger partial charge in [0.1, 0.15) is 24.0 Å². The molecule has 2 heterocycles. The molecule has 1 atom stereocenters.